The van der Waals surface area contributed by atoms with Crippen LogP contribution in [0, 0.1) is 12.7 Å². The highest BCUT2D eigenvalue weighted by Crippen LogP contribution is 2.27. The van der Waals surface area contributed by atoms with Crippen molar-refractivity contribution in [2.45, 2.75) is 6.92 Å². The molecule has 1 heterocycles. The van der Waals surface area contributed by atoms with E-state index in [0.29, 0.717) is 34.0 Å². The lowest BCUT2D eigenvalue weighted by atomic mass is 10.0. The van der Waals surface area contributed by atoms with Crippen molar-refractivity contribution in [3.8, 4) is 22.5 Å². The molecule has 0 saturated heterocycles. The van der Waals surface area contributed by atoms with Gasteiger partial charge in [-0.2, -0.15) is 4.98 Å². The zero-order valence-electron chi connectivity index (χ0n) is 11.5. The molecule has 0 fully saturated rings. The summed E-state index contributed by atoms with van der Waals surface area (Å²) in [5.41, 5.74) is 1.96. The van der Waals surface area contributed by atoms with Gasteiger partial charge >= 0.3 is 0 Å². The first-order valence-corrected chi connectivity index (χ1v) is 6.83. The van der Waals surface area contributed by atoms with Crippen molar-refractivity contribution in [2.75, 3.05) is 0 Å². The van der Waals surface area contributed by atoms with E-state index in [1.165, 1.54) is 6.07 Å². The first kappa shape index (κ1) is 14.4. The van der Waals surface area contributed by atoms with Gasteiger partial charge in [-0.15, -0.1) is 0 Å². The Morgan fingerprint density at radius 3 is 2.36 bits per heavy atom. The Morgan fingerprint density at radius 1 is 1.14 bits per heavy atom. The van der Waals surface area contributed by atoms with E-state index < -0.39 is 11.1 Å². The van der Waals surface area contributed by atoms with E-state index in [1.807, 2.05) is 0 Å². The Bertz CT molecular complexity index is 844. The molecule has 0 saturated carbocycles. The Morgan fingerprint density at radius 2 is 1.82 bits per heavy atom. The number of nitrogens with zero attached hydrogens (tertiary/aromatic N) is 2. The van der Waals surface area contributed by atoms with Gasteiger partial charge in [0, 0.05) is 23.6 Å². The Labute approximate surface area is 130 Å². The molecular formula is C16H10ClFN2O2. The van der Waals surface area contributed by atoms with Gasteiger partial charge < -0.3 is 4.52 Å². The predicted molar refractivity (Wildman–Crippen MR) is 80.0 cm³/mol. The lowest BCUT2D eigenvalue weighted by Crippen LogP contribution is -1.90. The topological polar surface area (TPSA) is 56.0 Å². The van der Waals surface area contributed by atoms with Crippen LogP contribution >= 0.6 is 11.6 Å². The minimum atomic E-state index is -0.546. The van der Waals surface area contributed by atoms with Crippen molar-refractivity contribution >= 4 is 16.8 Å². The minimum Gasteiger partial charge on any atom is -0.339 e. The highest BCUT2D eigenvalue weighted by Gasteiger charge is 2.11. The summed E-state index contributed by atoms with van der Waals surface area (Å²) in [6.07, 6.45) is 0. The van der Waals surface area contributed by atoms with Crippen LogP contribution in [0.1, 0.15) is 16.2 Å². The zero-order chi connectivity index (χ0) is 15.7. The largest absolute Gasteiger partial charge is 0.339 e. The van der Waals surface area contributed by atoms with Crippen LogP contribution in [0.2, 0.25) is 0 Å². The molecule has 1 aromatic heterocycles. The maximum absolute atomic E-state index is 14.3. The summed E-state index contributed by atoms with van der Waals surface area (Å²) in [6.45, 7) is 1.67. The van der Waals surface area contributed by atoms with Crippen molar-refractivity contribution in [1.82, 2.24) is 10.1 Å². The average molecular weight is 317 g/mol. The maximum Gasteiger partial charge on any atom is 0.252 e. The first-order chi connectivity index (χ1) is 10.5. The Balaban J connectivity index is 1.96. The molecule has 0 amide bonds. The second-order valence-electron chi connectivity index (χ2n) is 4.68. The summed E-state index contributed by atoms with van der Waals surface area (Å²) in [7, 11) is 0. The van der Waals surface area contributed by atoms with Crippen molar-refractivity contribution in [3.63, 3.8) is 0 Å². The fraction of sp³-hybridized carbons (Fsp3) is 0.0625. The molecule has 0 unspecified atom stereocenters. The standard InChI is InChI=1S/C16H10ClFN2O2/c1-9-19-16(20-22-9)12-6-7-13(14(18)8-12)10-2-4-11(5-3-10)15(17)21/h2-8H,1H3. The molecule has 6 heteroatoms. The lowest BCUT2D eigenvalue weighted by Gasteiger charge is -2.05. The molecule has 0 aliphatic heterocycles. The summed E-state index contributed by atoms with van der Waals surface area (Å²) >= 11 is 5.39. The third-order valence-corrected chi connectivity index (χ3v) is 3.40. The van der Waals surface area contributed by atoms with E-state index in [2.05, 4.69) is 10.1 Å². The number of rotatable bonds is 3. The molecule has 0 bridgehead atoms. The van der Waals surface area contributed by atoms with Gasteiger partial charge in [0.2, 0.25) is 11.7 Å². The molecule has 0 spiro atoms. The van der Waals surface area contributed by atoms with Crippen LogP contribution in [0.3, 0.4) is 0 Å². The highest BCUT2D eigenvalue weighted by atomic mass is 35.5. The normalized spacial score (nSPS) is 10.7. The second kappa shape index (κ2) is 5.69. The predicted octanol–water partition coefficient (Wildman–Crippen LogP) is 4.23. The number of benzene rings is 2. The first-order valence-electron chi connectivity index (χ1n) is 6.45. The molecular weight excluding hydrogens is 307 g/mol. The highest BCUT2D eigenvalue weighted by molar-refractivity contribution is 6.67. The summed E-state index contributed by atoms with van der Waals surface area (Å²) in [5.74, 6) is 0.344. The number of aryl methyl sites for hydroxylation is 1. The van der Waals surface area contributed by atoms with Gasteiger partial charge in [0.1, 0.15) is 5.82 Å². The summed E-state index contributed by atoms with van der Waals surface area (Å²) in [4.78, 5) is 15.1. The van der Waals surface area contributed by atoms with Gasteiger partial charge in [-0.3, -0.25) is 4.79 Å². The third-order valence-electron chi connectivity index (χ3n) is 3.18. The molecule has 2 aromatic carbocycles. The molecule has 0 radical (unpaired) electrons. The van der Waals surface area contributed by atoms with Crippen molar-refractivity contribution < 1.29 is 13.7 Å². The van der Waals surface area contributed by atoms with Gasteiger partial charge in [0.25, 0.3) is 5.24 Å². The monoisotopic (exact) mass is 316 g/mol. The fourth-order valence-corrected chi connectivity index (χ4v) is 2.21. The van der Waals surface area contributed by atoms with Crippen molar-refractivity contribution in [3.05, 3.63) is 59.7 Å². The van der Waals surface area contributed by atoms with Gasteiger partial charge in [0.15, 0.2) is 0 Å². The second-order valence-corrected chi connectivity index (χ2v) is 5.03. The van der Waals surface area contributed by atoms with E-state index in [-0.39, 0.29) is 0 Å². The summed E-state index contributed by atoms with van der Waals surface area (Å²) in [5, 5.41) is 3.21. The molecule has 0 atom stereocenters. The molecule has 0 aliphatic rings. The van der Waals surface area contributed by atoms with E-state index in [0.717, 1.165) is 0 Å². The molecule has 0 aliphatic carbocycles. The van der Waals surface area contributed by atoms with Crippen LogP contribution in [0.5, 0.6) is 0 Å². The van der Waals surface area contributed by atoms with E-state index in [9.17, 15) is 9.18 Å². The van der Waals surface area contributed by atoms with Crippen LogP contribution in [0.25, 0.3) is 22.5 Å². The lowest BCUT2D eigenvalue weighted by molar-refractivity contribution is 0.108. The number of aromatic nitrogens is 2. The molecule has 3 rings (SSSR count). The summed E-state index contributed by atoms with van der Waals surface area (Å²) in [6, 6.07) is 11.1. The SMILES string of the molecule is Cc1nc(-c2ccc(-c3ccc(C(=O)Cl)cc3)c(F)c2)no1. The minimum absolute atomic E-state index is 0.339. The number of halogens is 2. The number of hydrogen-bond donors (Lipinski definition) is 0. The molecule has 110 valence electrons. The average Bonchev–Trinajstić information content (AvgIpc) is 2.94. The van der Waals surface area contributed by atoms with Crippen LogP contribution in [0.15, 0.2) is 47.0 Å². The van der Waals surface area contributed by atoms with Crippen LogP contribution < -0.4 is 0 Å². The van der Waals surface area contributed by atoms with Gasteiger partial charge in [-0.05, 0) is 35.4 Å². The summed E-state index contributed by atoms with van der Waals surface area (Å²) < 4.78 is 19.2. The van der Waals surface area contributed by atoms with Crippen LogP contribution in [0.4, 0.5) is 4.39 Å². The maximum atomic E-state index is 14.3. The van der Waals surface area contributed by atoms with Gasteiger partial charge in [0.05, 0.1) is 0 Å². The zero-order valence-corrected chi connectivity index (χ0v) is 12.3. The molecule has 4 nitrogen and oxygen atoms in total. The molecule has 22 heavy (non-hydrogen) atoms. The number of carbonyl (C=O) groups is 1. The quantitative estimate of drug-likeness (QED) is 0.678. The third kappa shape index (κ3) is 2.76. The Hall–Kier alpha value is -2.53. The molecule has 3 aromatic rings. The number of carbonyl (C=O) groups excluding carboxylic acids is 1. The number of hydrogen-bond acceptors (Lipinski definition) is 4. The van der Waals surface area contributed by atoms with Crippen LogP contribution in [-0.2, 0) is 0 Å². The van der Waals surface area contributed by atoms with E-state index in [1.54, 1.807) is 43.3 Å². The van der Waals surface area contributed by atoms with Crippen LogP contribution in [-0.4, -0.2) is 15.4 Å². The van der Waals surface area contributed by atoms with Gasteiger partial charge in [-0.25, -0.2) is 4.39 Å². The Kier molecular flexibility index (Phi) is 3.73. The van der Waals surface area contributed by atoms with E-state index >= 15 is 0 Å². The smallest absolute Gasteiger partial charge is 0.252 e. The van der Waals surface area contributed by atoms with Gasteiger partial charge in [-0.1, -0.05) is 29.4 Å². The van der Waals surface area contributed by atoms with Crippen molar-refractivity contribution in [1.29, 1.82) is 0 Å². The fourth-order valence-electron chi connectivity index (χ4n) is 2.09. The van der Waals surface area contributed by atoms with Crippen molar-refractivity contribution in [2.24, 2.45) is 0 Å². The van der Waals surface area contributed by atoms with E-state index in [4.69, 9.17) is 16.1 Å². The molecule has 0 N–H and O–H groups in total.